The van der Waals surface area contributed by atoms with Crippen LogP contribution in [-0.4, -0.2) is 21.3 Å². The molecular weight excluding hydrogens is 166 g/mol. The number of pyridine rings is 1. The van der Waals surface area contributed by atoms with E-state index in [0.29, 0.717) is 0 Å². The predicted octanol–water partition coefficient (Wildman–Crippen LogP) is 0.326. The highest BCUT2D eigenvalue weighted by Crippen LogP contribution is 2.11. The van der Waals surface area contributed by atoms with Gasteiger partial charge in [0.2, 0.25) is 0 Å². The lowest BCUT2D eigenvalue weighted by Crippen LogP contribution is -2.18. The summed E-state index contributed by atoms with van der Waals surface area (Å²) >= 11 is 0. The first kappa shape index (κ1) is 8.22. The Balaban J connectivity index is 2.60. The molecule has 4 heteroatoms. The standard InChI is InChI=1S/C9H11N3O/c10-8(6-13)9-3-1-2-7-4-5-11-12(7)9/h1-5,8,13H,6,10H2. The molecule has 0 saturated heterocycles. The Morgan fingerprint density at radius 1 is 1.46 bits per heavy atom. The topological polar surface area (TPSA) is 63.5 Å². The molecule has 0 radical (unpaired) electrons. The SMILES string of the molecule is NC(CO)c1cccc2ccnn12. The van der Waals surface area contributed by atoms with Crippen molar-refractivity contribution in [3.8, 4) is 0 Å². The fourth-order valence-electron chi connectivity index (χ4n) is 1.35. The predicted molar refractivity (Wildman–Crippen MR) is 49.2 cm³/mol. The van der Waals surface area contributed by atoms with E-state index < -0.39 is 0 Å². The van der Waals surface area contributed by atoms with Gasteiger partial charge in [0.15, 0.2) is 0 Å². The van der Waals surface area contributed by atoms with Gasteiger partial charge < -0.3 is 10.8 Å². The Kier molecular flexibility index (Phi) is 2.00. The van der Waals surface area contributed by atoms with Gasteiger partial charge in [-0.25, -0.2) is 4.52 Å². The van der Waals surface area contributed by atoms with Crippen molar-refractivity contribution in [3.63, 3.8) is 0 Å². The van der Waals surface area contributed by atoms with Gasteiger partial charge in [-0.05, 0) is 18.2 Å². The molecule has 0 spiro atoms. The van der Waals surface area contributed by atoms with E-state index in [9.17, 15) is 0 Å². The van der Waals surface area contributed by atoms with E-state index in [2.05, 4.69) is 5.10 Å². The molecule has 0 amide bonds. The van der Waals surface area contributed by atoms with Crippen molar-refractivity contribution in [2.45, 2.75) is 6.04 Å². The zero-order valence-corrected chi connectivity index (χ0v) is 7.09. The Morgan fingerprint density at radius 2 is 2.31 bits per heavy atom. The average Bonchev–Trinajstić information content (AvgIpc) is 2.63. The minimum atomic E-state index is -0.372. The summed E-state index contributed by atoms with van der Waals surface area (Å²) in [7, 11) is 0. The van der Waals surface area contributed by atoms with Crippen molar-refractivity contribution in [2.75, 3.05) is 6.61 Å². The lowest BCUT2D eigenvalue weighted by atomic mass is 10.2. The maximum Gasteiger partial charge on any atom is 0.0705 e. The third-order valence-corrected chi connectivity index (χ3v) is 2.03. The van der Waals surface area contributed by atoms with Crippen LogP contribution in [0.4, 0.5) is 0 Å². The van der Waals surface area contributed by atoms with Gasteiger partial charge in [0.1, 0.15) is 0 Å². The molecule has 0 aromatic carbocycles. The lowest BCUT2D eigenvalue weighted by Gasteiger charge is -2.09. The van der Waals surface area contributed by atoms with Crippen molar-refractivity contribution in [3.05, 3.63) is 36.2 Å². The summed E-state index contributed by atoms with van der Waals surface area (Å²) in [5, 5.41) is 13.0. The summed E-state index contributed by atoms with van der Waals surface area (Å²) in [6.45, 7) is -0.0705. The molecule has 0 aliphatic carbocycles. The van der Waals surface area contributed by atoms with E-state index >= 15 is 0 Å². The first-order valence-electron chi connectivity index (χ1n) is 4.12. The number of nitrogens with zero attached hydrogens (tertiary/aromatic N) is 2. The lowest BCUT2D eigenvalue weighted by molar-refractivity contribution is 0.264. The van der Waals surface area contributed by atoms with Crippen molar-refractivity contribution in [1.82, 2.24) is 9.61 Å². The van der Waals surface area contributed by atoms with Gasteiger partial charge >= 0.3 is 0 Å². The van der Waals surface area contributed by atoms with Gasteiger partial charge in [0, 0.05) is 6.20 Å². The van der Waals surface area contributed by atoms with E-state index in [-0.39, 0.29) is 12.6 Å². The van der Waals surface area contributed by atoms with E-state index in [1.54, 1.807) is 10.7 Å². The largest absolute Gasteiger partial charge is 0.394 e. The number of aliphatic hydroxyl groups is 1. The van der Waals surface area contributed by atoms with Gasteiger partial charge in [0.05, 0.1) is 23.9 Å². The Labute approximate surface area is 75.6 Å². The van der Waals surface area contributed by atoms with Crippen molar-refractivity contribution < 1.29 is 5.11 Å². The summed E-state index contributed by atoms with van der Waals surface area (Å²) in [5.41, 5.74) is 7.52. The second kappa shape index (κ2) is 3.16. The minimum Gasteiger partial charge on any atom is -0.394 e. The minimum absolute atomic E-state index is 0.0705. The summed E-state index contributed by atoms with van der Waals surface area (Å²) in [6.07, 6.45) is 1.71. The van der Waals surface area contributed by atoms with Gasteiger partial charge in [0.25, 0.3) is 0 Å². The normalized spacial score (nSPS) is 13.4. The average molecular weight is 177 g/mol. The second-order valence-electron chi connectivity index (χ2n) is 2.91. The van der Waals surface area contributed by atoms with E-state index in [4.69, 9.17) is 10.8 Å². The van der Waals surface area contributed by atoms with Crippen molar-refractivity contribution in [1.29, 1.82) is 0 Å². The molecular formula is C9H11N3O. The summed E-state index contributed by atoms with van der Waals surface area (Å²) < 4.78 is 1.74. The van der Waals surface area contributed by atoms with Crippen LogP contribution in [0.3, 0.4) is 0 Å². The van der Waals surface area contributed by atoms with Crippen LogP contribution in [0.25, 0.3) is 5.52 Å². The highest BCUT2D eigenvalue weighted by Gasteiger charge is 2.08. The summed E-state index contributed by atoms with van der Waals surface area (Å²) in [6, 6.07) is 7.24. The zero-order valence-electron chi connectivity index (χ0n) is 7.09. The number of hydrogen-bond acceptors (Lipinski definition) is 3. The number of aliphatic hydroxyl groups excluding tert-OH is 1. The van der Waals surface area contributed by atoms with E-state index in [0.717, 1.165) is 11.2 Å². The maximum absolute atomic E-state index is 8.92. The van der Waals surface area contributed by atoms with Gasteiger partial charge in [-0.15, -0.1) is 0 Å². The molecule has 0 aliphatic rings. The Bertz CT molecular complexity index is 410. The van der Waals surface area contributed by atoms with Crippen LogP contribution in [0.1, 0.15) is 11.7 Å². The van der Waals surface area contributed by atoms with Crippen LogP contribution in [0.5, 0.6) is 0 Å². The molecule has 68 valence electrons. The van der Waals surface area contributed by atoms with E-state index in [1.165, 1.54) is 0 Å². The van der Waals surface area contributed by atoms with Gasteiger partial charge in [-0.2, -0.15) is 5.10 Å². The maximum atomic E-state index is 8.92. The number of nitrogens with two attached hydrogens (primary N) is 1. The van der Waals surface area contributed by atoms with Crippen LogP contribution in [0.2, 0.25) is 0 Å². The molecule has 0 bridgehead atoms. The van der Waals surface area contributed by atoms with Crippen LogP contribution < -0.4 is 5.73 Å². The molecule has 4 nitrogen and oxygen atoms in total. The molecule has 0 fully saturated rings. The van der Waals surface area contributed by atoms with Crippen molar-refractivity contribution in [2.24, 2.45) is 5.73 Å². The highest BCUT2D eigenvalue weighted by atomic mass is 16.3. The molecule has 0 aliphatic heterocycles. The molecule has 1 atom stereocenters. The summed E-state index contributed by atoms with van der Waals surface area (Å²) in [5.74, 6) is 0. The molecule has 2 rings (SSSR count). The number of hydrogen-bond donors (Lipinski definition) is 2. The molecule has 2 aromatic heterocycles. The van der Waals surface area contributed by atoms with Crippen molar-refractivity contribution >= 4 is 5.52 Å². The smallest absolute Gasteiger partial charge is 0.0705 e. The molecule has 0 saturated carbocycles. The number of fused-ring (bicyclic) bond motifs is 1. The molecule has 2 heterocycles. The molecule has 2 aromatic rings. The van der Waals surface area contributed by atoms with Crippen LogP contribution >= 0.6 is 0 Å². The molecule has 3 N–H and O–H groups in total. The van der Waals surface area contributed by atoms with Crippen LogP contribution in [0, 0.1) is 0 Å². The first-order chi connectivity index (χ1) is 6.33. The summed E-state index contributed by atoms with van der Waals surface area (Å²) in [4.78, 5) is 0. The Morgan fingerprint density at radius 3 is 3.08 bits per heavy atom. The fraction of sp³-hybridized carbons (Fsp3) is 0.222. The third kappa shape index (κ3) is 1.30. The van der Waals surface area contributed by atoms with E-state index in [1.807, 2.05) is 24.3 Å². The Hall–Kier alpha value is -1.39. The second-order valence-corrected chi connectivity index (χ2v) is 2.91. The zero-order chi connectivity index (χ0) is 9.26. The van der Waals surface area contributed by atoms with Crippen LogP contribution in [0.15, 0.2) is 30.5 Å². The fourth-order valence-corrected chi connectivity index (χ4v) is 1.35. The monoisotopic (exact) mass is 177 g/mol. The van der Waals surface area contributed by atoms with Gasteiger partial charge in [-0.1, -0.05) is 6.07 Å². The third-order valence-electron chi connectivity index (χ3n) is 2.03. The quantitative estimate of drug-likeness (QED) is 0.694. The molecule has 1 unspecified atom stereocenters. The highest BCUT2D eigenvalue weighted by molar-refractivity contribution is 5.46. The number of rotatable bonds is 2. The first-order valence-corrected chi connectivity index (χ1v) is 4.12. The number of aromatic nitrogens is 2. The van der Waals surface area contributed by atoms with Crippen LogP contribution in [-0.2, 0) is 0 Å². The molecule has 13 heavy (non-hydrogen) atoms. The van der Waals surface area contributed by atoms with Gasteiger partial charge in [-0.3, -0.25) is 0 Å².